The molecule has 1 fully saturated rings. The fourth-order valence-corrected chi connectivity index (χ4v) is 2.29. The van der Waals surface area contributed by atoms with Crippen molar-refractivity contribution in [1.82, 2.24) is 4.98 Å². The van der Waals surface area contributed by atoms with E-state index in [0.717, 1.165) is 24.5 Å². The van der Waals surface area contributed by atoms with Crippen LogP contribution in [-0.2, 0) is 0 Å². The molecule has 0 amide bonds. The van der Waals surface area contributed by atoms with Crippen molar-refractivity contribution in [1.29, 1.82) is 0 Å². The van der Waals surface area contributed by atoms with E-state index in [1.807, 2.05) is 12.1 Å². The van der Waals surface area contributed by atoms with Gasteiger partial charge in [-0.05, 0) is 37.3 Å². The van der Waals surface area contributed by atoms with Crippen LogP contribution < -0.4 is 4.74 Å². The zero-order chi connectivity index (χ0) is 10.7. The van der Waals surface area contributed by atoms with Gasteiger partial charge in [0.25, 0.3) is 0 Å². The first-order chi connectivity index (χ1) is 7.25. The fraction of sp³-hybridized carbons (Fsp3) is 0.583. The lowest BCUT2D eigenvalue weighted by molar-refractivity contribution is 0.129. The molecule has 0 radical (unpaired) electrons. The second-order valence-electron chi connectivity index (χ2n) is 4.30. The topological polar surface area (TPSA) is 22.1 Å². The molecule has 0 bridgehead atoms. The lowest BCUT2D eigenvalue weighted by Gasteiger charge is -2.27. The second kappa shape index (κ2) is 4.84. The zero-order valence-electron chi connectivity index (χ0n) is 8.95. The fourth-order valence-electron chi connectivity index (χ4n) is 2.12. The highest BCUT2D eigenvalue weighted by atomic mass is 35.5. The molecule has 1 aliphatic carbocycles. The van der Waals surface area contributed by atoms with Crippen LogP contribution in [0.25, 0.3) is 0 Å². The van der Waals surface area contributed by atoms with E-state index in [1.54, 1.807) is 6.20 Å². The van der Waals surface area contributed by atoms with Crippen molar-refractivity contribution in [3.63, 3.8) is 0 Å². The maximum Gasteiger partial charge on any atom is 0.171 e. The summed E-state index contributed by atoms with van der Waals surface area (Å²) in [5.74, 6) is 1.48. The van der Waals surface area contributed by atoms with Crippen molar-refractivity contribution in [2.75, 3.05) is 0 Å². The zero-order valence-corrected chi connectivity index (χ0v) is 9.70. The van der Waals surface area contributed by atoms with Crippen molar-refractivity contribution >= 4 is 11.6 Å². The largest absolute Gasteiger partial charge is 0.487 e. The summed E-state index contributed by atoms with van der Waals surface area (Å²) in [4.78, 5) is 4.00. The minimum Gasteiger partial charge on any atom is -0.487 e. The molecule has 0 spiro atoms. The van der Waals surface area contributed by atoms with Crippen molar-refractivity contribution < 1.29 is 4.74 Å². The Morgan fingerprint density at radius 1 is 1.47 bits per heavy atom. The summed E-state index contributed by atoms with van der Waals surface area (Å²) in [5, 5.41) is 0.468. The van der Waals surface area contributed by atoms with Gasteiger partial charge < -0.3 is 4.74 Å². The lowest BCUT2D eigenvalue weighted by Crippen LogP contribution is -2.24. The molecule has 1 aliphatic rings. The van der Waals surface area contributed by atoms with Gasteiger partial charge in [-0.3, -0.25) is 0 Å². The van der Waals surface area contributed by atoms with Gasteiger partial charge in [-0.15, -0.1) is 0 Å². The molecule has 1 heterocycles. The minimum atomic E-state index is 0.315. The van der Waals surface area contributed by atoms with Crippen LogP contribution in [0.1, 0.15) is 32.6 Å². The highest BCUT2D eigenvalue weighted by molar-refractivity contribution is 6.30. The molecule has 15 heavy (non-hydrogen) atoms. The summed E-state index contributed by atoms with van der Waals surface area (Å²) < 4.78 is 5.86. The monoisotopic (exact) mass is 225 g/mol. The van der Waals surface area contributed by atoms with Crippen LogP contribution in [-0.4, -0.2) is 11.1 Å². The molecule has 1 aromatic heterocycles. The Hall–Kier alpha value is -0.760. The van der Waals surface area contributed by atoms with E-state index >= 15 is 0 Å². The van der Waals surface area contributed by atoms with Crippen molar-refractivity contribution in [2.24, 2.45) is 5.92 Å². The van der Waals surface area contributed by atoms with Crippen molar-refractivity contribution in [3.05, 3.63) is 23.5 Å². The summed E-state index contributed by atoms with van der Waals surface area (Å²) in [6, 6.07) is 3.74. The molecule has 2 rings (SSSR count). The number of hydrogen-bond donors (Lipinski definition) is 0. The Balaban J connectivity index is 1.99. The quantitative estimate of drug-likeness (QED) is 0.717. The highest BCUT2D eigenvalue weighted by Gasteiger charge is 2.20. The lowest BCUT2D eigenvalue weighted by atomic mass is 9.89. The number of nitrogens with zero attached hydrogens (tertiary/aromatic N) is 1. The number of hydrogen-bond acceptors (Lipinski definition) is 2. The smallest absolute Gasteiger partial charge is 0.171 e. The van der Waals surface area contributed by atoms with Gasteiger partial charge in [-0.25, -0.2) is 4.98 Å². The Morgan fingerprint density at radius 2 is 2.33 bits per heavy atom. The maximum atomic E-state index is 5.94. The number of rotatable bonds is 2. The van der Waals surface area contributed by atoms with Crippen LogP contribution in [0.2, 0.25) is 5.15 Å². The average Bonchev–Trinajstić information content (AvgIpc) is 2.22. The van der Waals surface area contributed by atoms with Gasteiger partial charge in [0.1, 0.15) is 0 Å². The van der Waals surface area contributed by atoms with E-state index in [4.69, 9.17) is 16.3 Å². The van der Waals surface area contributed by atoms with E-state index in [2.05, 4.69) is 11.9 Å². The molecule has 0 aliphatic heterocycles. The minimum absolute atomic E-state index is 0.315. The summed E-state index contributed by atoms with van der Waals surface area (Å²) in [6.07, 6.45) is 6.83. The summed E-state index contributed by atoms with van der Waals surface area (Å²) >= 11 is 5.94. The third-order valence-corrected chi connectivity index (χ3v) is 3.19. The first-order valence-corrected chi connectivity index (χ1v) is 5.90. The predicted octanol–water partition coefficient (Wildman–Crippen LogP) is 3.69. The Labute approximate surface area is 95.6 Å². The first-order valence-electron chi connectivity index (χ1n) is 5.53. The molecule has 2 unspecified atom stereocenters. The van der Waals surface area contributed by atoms with E-state index in [9.17, 15) is 0 Å². The third kappa shape index (κ3) is 2.85. The van der Waals surface area contributed by atoms with Crippen LogP contribution in [0.15, 0.2) is 18.3 Å². The van der Waals surface area contributed by atoms with Gasteiger partial charge in [0.2, 0.25) is 0 Å². The Kier molecular flexibility index (Phi) is 3.47. The summed E-state index contributed by atoms with van der Waals surface area (Å²) in [7, 11) is 0. The van der Waals surface area contributed by atoms with Gasteiger partial charge >= 0.3 is 0 Å². The third-order valence-electron chi connectivity index (χ3n) is 2.91. The average molecular weight is 226 g/mol. The number of pyridine rings is 1. The standard InChI is InChI=1S/C12H16ClNO/c1-9-4-2-5-10(8-9)15-11-6-3-7-14-12(11)13/h3,6-7,9-10H,2,4-5,8H2,1H3. The highest BCUT2D eigenvalue weighted by Crippen LogP contribution is 2.29. The van der Waals surface area contributed by atoms with Gasteiger partial charge in [0.05, 0.1) is 6.10 Å². The molecule has 1 aromatic rings. The molecule has 0 N–H and O–H groups in total. The summed E-state index contributed by atoms with van der Waals surface area (Å²) in [5.41, 5.74) is 0. The van der Waals surface area contributed by atoms with E-state index in [0.29, 0.717) is 11.3 Å². The molecule has 0 saturated heterocycles. The molecular formula is C12H16ClNO. The van der Waals surface area contributed by atoms with Crippen LogP contribution in [0, 0.1) is 5.92 Å². The summed E-state index contributed by atoms with van der Waals surface area (Å²) in [6.45, 7) is 2.28. The normalized spacial score (nSPS) is 26.3. The van der Waals surface area contributed by atoms with Crippen LogP contribution in [0.3, 0.4) is 0 Å². The van der Waals surface area contributed by atoms with Gasteiger partial charge in [-0.1, -0.05) is 24.9 Å². The van der Waals surface area contributed by atoms with E-state index in [-0.39, 0.29) is 0 Å². The maximum absolute atomic E-state index is 5.94. The Morgan fingerprint density at radius 3 is 3.07 bits per heavy atom. The molecule has 2 atom stereocenters. The molecule has 2 nitrogen and oxygen atoms in total. The van der Waals surface area contributed by atoms with Crippen LogP contribution in [0.5, 0.6) is 5.75 Å². The van der Waals surface area contributed by atoms with E-state index < -0.39 is 0 Å². The second-order valence-corrected chi connectivity index (χ2v) is 4.66. The molecule has 1 saturated carbocycles. The van der Waals surface area contributed by atoms with Gasteiger partial charge in [0, 0.05) is 6.20 Å². The van der Waals surface area contributed by atoms with Crippen LogP contribution >= 0.6 is 11.6 Å². The molecule has 82 valence electrons. The molecule has 0 aromatic carbocycles. The van der Waals surface area contributed by atoms with Gasteiger partial charge in [-0.2, -0.15) is 0 Å². The number of aromatic nitrogens is 1. The van der Waals surface area contributed by atoms with Crippen LogP contribution in [0.4, 0.5) is 0 Å². The predicted molar refractivity (Wildman–Crippen MR) is 61.3 cm³/mol. The Bertz CT molecular complexity index is 329. The van der Waals surface area contributed by atoms with Gasteiger partial charge in [0.15, 0.2) is 10.9 Å². The number of ether oxygens (including phenoxy) is 1. The molecular weight excluding hydrogens is 210 g/mol. The van der Waals surface area contributed by atoms with E-state index in [1.165, 1.54) is 12.8 Å². The first kappa shape index (κ1) is 10.7. The molecule has 3 heteroatoms. The van der Waals surface area contributed by atoms with Crippen molar-refractivity contribution in [2.45, 2.75) is 38.7 Å². The van der Waals surface area contributed by atoms with Crippen molar-refractivity contribution in [3.8, 4) is 5.75 Å². The number of halogens is 1. The SMILES string of the molecule is CC1CCCC(Oc2cccnc2Cl)C1.